The Morgan fingerprint density at radius 3 is 2.60 bits per heavy atom. The molecule has 100 valence electrons. The van der Waals surface area contributed by atoms with Crippen LogP contribution >= 0.6 is 11.3 Å². The molecule has 6 heteroatoms. The lowest BCUT2D eigenvalue weighted by Crippen LogP contribution is -2.39. The Balaban J connectivity index is 2.28. The molecule has 3 rings (SSSR count). The summed E-state index contributed by atoms with van der Waals surface area (Å²) in [5.74, 6) is 0. The fourth-order valence-corrected chi connectivity index (χ4v) is 2.91. The molecule has 0 amide bonds. The van der Waals surface area contributed by atoms with Crippen molar-refractivity contribution in [3.63, 3.8) is 0 Å². The zero-order valence-corrected chi connectivity index (χ0v) is 11.2. The van der Waals surface area contributed by atoms with Crippen molar-refractivity contribution in [3.05, 3.63) is 73.9 Å². The summed E-state index contributed by atoms with van der Waals surface area (Å²) >= 11 is 1.20. The normalized spacial score (nSPS) is 10.8. The number of fused-ring (bicyclic) bond motifs is 1. The Morgan fingerprint density at radius 2 is 1.90 bits per heavy atom. The smallest absolute Gasteiger partial charge is 0.298 e. The van der Waals surface area contributed by atoms with Gasteiger partial charge in [0.1, 0.15) is 10.4 Å². The van der Waals surface area contributed by atoms with Crippen LogP contribution in [0.5, 0.6) is 0 Å². The molecule has 0 aliphatic rings. The van der Waals surface area contributed by atoms with Crippen LogP contribution in [-0.4, -0.2) is 15.3 Å². The van der Waals surface area contributed by atoms with Crippen LogP contribution < -0.4 is 11.2 Å². The summed E-state index contributed by atoms with van der Waals surface area (Å²) in [6, 6.07) is 9.19. The van der Waals surface area contributed by atoms with Crippen molar-refractivity contribution in [1.82, 2.24) is 8.97 Å². The highest BCUT2D eigenvalue weighted by molar-refractivity contribution is 7.15. The van der Waals surface area contributed by atoms with Gasteiger partial charge in [-0.05, 0) is 5.56 Å². The van der Waals surface area contributed by atoms with Crippen LogP contribution in [0.4, 0.5) is 0 Å². The molecular formula is C14H10N2O3S. The van der Waals surface area contributed by atoms with Gasteiger partial charge in [0.2, 0.25) is 0 Å². The Labute approximate surface area is 117 Å². The van der Waals surface area contributed by atoms with E-state index in [0.717, 1.165) is 10.1 Å². The maximum Gasteiger partial charge on any atom is 0.336 e. The third-order valence-corrected chi connectivity index (χ3v) is 3.95. The molecule has 0 radical (unpaired) electrons. The predicted molar refractivity (Wildman–Crippen MR) is 76.7 cm³/mol. The number of hydrogen-bond donors (Lipinski definition) is 0. The van der Waals surface area contributed by atoms with Gasteiger partial charge < -0.3 is 0 Å². The average Bonchev–Trinajstić information content (AvgIpc) is 2.94. The number of thiazole rings is 1. The third-order valence-electron chi connectivity index (χ3n) is 3.05. The van der Waals surface area contributed by atoms with Crippen molar-refractivity contribution in [2.24, 2.45) is 0 Å². The molecule has 0 fully saturated rings. The minimum atomic E-state index is -0.545. The van der Waals surface area contributed by atoms with Crippen molar-refractivity contribution in [1.29, 1.82) is 0 Å². The molecule has 3 aromatic rings. The number of carbonyl (C=O) groups is 1. The first kappa shape index (κ1) is 12.6. The van der Waals surface area contributed by atoms with Gasteiger partial charge in [0, 0.05) is 11.6 Å². The lowest BCUT2D eigenvalue weighted by Gasteiger charge is -2.07. The molecule has 2 aromatic heterocycles. The Bertz CT molecular complexity index is 890. The zero-order valence-electron chi connectivity index (χ0n) is 10.4. The lowest BCUT2D eigenvalue weighted by molar-refractivity contribution is 0.112. The summed E-state index contributed by atoms with van der Waals surface area (Å²) in [6.45, 7) is 0.151. The molecule has 0 bridgehead atoms. The molecule has 0 unspecified atom stereocenters. The number of nitrogens with zero attached hydrogens (tertiary/aromatic N) is 2. The molecule has 0 aliphatic heterocycles. The summed E-state index contributed by atoms with van der Waals surface area (Å²) in [6.07, 6.45) is 2.07. The van der Waals surface area contributed by atoms with E-state index >= 15 is 0 Å². The Kier molecular flexibility index (Phi) is 3.08. The highest BCUT2D eigenvalue weighted by atomic mass is 32.1. The van der Waals surface area contributed by atoms with Gasteiger partial charge in [-0.1, -0.05) is 30.3 Å². The number of hydrogen-bond acceptors (Lipinski definition) is 4. The second-order valence-corrected chi connectivity index (χ2v) is 5.16. The van der Waals surface area contributed by atoms with Crippen molar-refractivity contribution in [2.45, 2.75) is 6.54 Å². The quantitative estimate of drug-likeness (QED) is 0.683. The minimum absolute atomic E-state index is 0.0236. The summed E-state index contributed by atoms with van der Waals surface area (Å²) in [5, 5.41) is 1.68. The summed E-state index contributed by atoms with van der Waals surface area (Å²) in [4.78, 5) is 36.1. The van der Waals surface area contributed by atoms with Crippen molar-refractivity contribution < 1.29 is 4.79 Å². The zero-order chi connectivity index (χ0) is 14.1. The number of rotatable bonds is 3. The van der Waals surface area contributed by atoms with Crippen LogP contribution in [0.1, 0.15) is 15.9 Å². The summed E-state index contributed by atoms with van der Waals surface area (Å²) in [7, 11) is 0. The van der Waals surface area contributed by atoms with E-state index < -0.39 is 11.2 Å². The van der Waals surface area contributed by atoms with Gasteiger partial charge in [0.05, 0.1) is 6.54 Å². The second kappa shape index (κ2) is 4.90. The van der Waals surface area contributed by atoms with Crippen molar-refractivity contribution in [2.75, 3.05) is 0 Å². The van der Waals surface area contributed by atoms with E-state index in [9.17, 15) is 14.4 Å². The first-order valence-electron chi connectivity index (χ1n) is 5.94. The molecular weight excluding hydrogens is 276 g/mol. The topological polar surface area (TPSA) is 60.5 Å². The van der Waals surface area contributed by atoms with Gasteiger partial charge in [0.25, 0.3) is 5.56 Å². The third kappa shape index (κ3) is 1.90. The SMILES string of the molecule is O=Cc1c(=O)n(Cc2ccccc2)c(=O)n2ccsc12. The maximum absolute atomic E-state index is 12.3. The van der Waals surface area contributed by atoms with Crippen LogP contribution in [-0.2, 0) is 6.54 Å². The Hall–Kier alpha value is -2.47. The fourth-order valence-electron chi connectivity index (χ4n) is 2.08. The molecule has 0 aliphatic carbocycles. The molecule has 0 saturated heterocycles. The maximum atomic E-state index is 12.3. The largest absolute Gasteiger partial charge is 0.336 e. The molecule has 0 atom stereocenters. The molecule has 5 nitrogen and oxygen atoms in total. The van der Waals surface area contributed by atoms with Crippen LogP contribution in [0.2, 0.25) is 0 Å². The van der Waals surface area contributed by atoms with Crippen molar-refractivity contribution >= 4 is 22.5 Å². The Morgan fingerprint density at radius 1 is 1.15 bits per heavy atom. The van der Waals surface area contributed by atoms with Crippen LogP contribution in [0, 0.1) is 0 Å². The number of benzene rings is 1. The fraction of sp³-hybridized carbons (Fsp3) is 0.0714. The molecule has 20 heavy (non-hydrogen) atoms. The number of carbonyl (C=O) groups excluding carboxylic acids is 1. The van der Waals surface area contributed by atoms with E-state index in [4.69, 9.17) is 0 Å². The summed E-state index contributed by atoms with van der Waals surface area (Å²) < 4.78 is 2.41. The molecule has 2 heterocycles. The standard InChI is InChI=1S/C14H10N2O3S/c17-9-11-12(18)16(8-10-4-2-1-3-5-10)14(19)15-6-7-20-13(11)15/h1-7,9H,8H2. The molecule has 0 spiro atoms. The molecule has 1 aromatic carbocycles. The lowest BCUT2D eigenvalue weighted by atomic mass is 10.2. The highest BCUT2D eigenvalue weighted by Crippen LogP contribution is 2.10. The second-order valence-electron chi connectivity index (χ2n) is 4.27. The van der Waals surface area contributed by atoms with Crippen LogP contribution in [0.25, 0.3) is 4.83 Å². The summed E-state index contributed by atoms with van der Waals surface area (Å²) in [5.41, 5.74) is -0.119. The monoisotopic (exact) mass is 286 g/mol. The van der Waals surface area contributed by atoms with E-state index in [2.05, 4.69) is 0 Å². The first-order valence-corrected chi connectivity index (χ1v) is 6.82. The van der Waals surface area contributed by atoms with Gasteiger partial charge in [-0.15, -0.1) is 11.3 Å². The van der Waals surface area contributed by atoms with E-state index in [-0.39, 0.29) is 12.1 Å². The average molecular weight is 286 g/mol. The molecule has 0 saturated carbocycles. The van der Waals surface area contributed by atoms with E-state index in [1.807, 2.05) is 30.3 Å². The number of aldehydes is 1. The van der Waals surface area contributed by atoms with Crippen LogP contribution in [0.3, 0.4) is 0 Å². The van der Waals surface area contributed by atoms with Gasteiger partial charge in [-0.25, -0.2) is 4.79 Å². The van der Waals surface area contributed by atoms with Crippen molar-refractivity contribution in [3.8, 4) is 0 Å². The predicted octanol–water partition coefficient (Wildman–Crippen LogP) is 1.38. The number of aromatic nitrogens is 2. The highest BCUT2D eigenvalue weighted by Gasteiger charge is 2.14. The van der Waals surface area contributed by atoms with E-state index in [0.29, 0.717) is 11.1 Å². The van der Waals surface area contributed by atoms with Gasteiger partial charge >= 0.3 is 5.69 Å². The van der Waals surface area contributed by atoms with Crippen LogP contribution in [0.15, 0.2) is 51.5 Å². The minimum Gasteiger partial charge on any atom is -0.298 e. The van der Waals surface area contributed by atoms with E-state index in [1.165, 1.54) is 15.7 Å². The molecule has 0 N–H and O–H groups in total. The van der Waals surface area contributed by atoms with Gasteiger partial charge in [0.15, 0.2) is 6.29 Å². The van der Waals surface area contributed by atoms with Gasteiger partial charge in [-0.3, -0.25) is 18.6 Å². The van der Waals surface area contributed by atoms with Gasteiger partial charge in [-0.2, -0.15) is 0 Å². The first-order chi connectivity index (χ1) is 9.72. The van der Waals surface area contributed by atoms with E-state index in [1.54, 1.807) is 11.6 Å².